The van der Waals surface area contributed by atoms with Crippen molar-refractivity contribution in [3.05, 3.63) is 20.3 Å². The van der Waals surface area contributed by atoms with Gasteiger partial charge in [0, 0.05) is 12.6 Å². The van der Waals surface area contributed by atoms with E-state index >= 15 is 0 Å². The Morgan fingerprint density at radius 1 is 1.59 bits per heavy atom. The van der Waals surface area contributed by atoms with Crippen molar-refractivity contribution in [2.24, 2.45) is 5.73 Å². The molecule has 6 heteroatoms. The van der Waals surface area contributed by atoms with Crippen molar-refractivity contribution < 1.29 is 0 Å². The number of nitrogens with zero attached hydrogens (tertiary/aromatic N) is 2. The fourth-order valence-corrected chi connectivity index (χ4v) is 2.60. The van der Waals surface area contributed by atoms with Gasteiger partial charge in [-0.3, -0.25) is 4.79 Å². The second-order valence-electron chi connectivity index (χ2n) is 4.29. The van der Waals surface area contributed by atoms with Crippen LogP contribution in [0.3, 0.4) is 0 Å². The quantitative estimate of drug-likeness (QED) is 0.781. The van der Waals surface area contributed by atoms with E-state index in [-0.39, 0.29) is 5.56 Å². The molecular formula is C11H17IN4O. The molecule has 5 nitrogen and oxygen atoms in total. The molecule has 0 unspecified atom stereocenters. The number of rotatable bonds is 5. The van der Waals surface area contributed by atoms with E-state index in [1.165, 1.54) is 25.6 Å². The Balaban J connectivity index is 2.24. The van der Waals surface area contributed by atoms with Crippen LogP contribution in [0.4, 0.5) is 5.82 Å². The van der Waals surface area contributed by atoms with Crippen LogP contribution in [0.15, 0.2) is 11.1 Å². The van der Waals surface area contributed by atoms with Crippen LogP contribution in [0.5, 0.6) is 0 Å². The summed E-state index contributed by atoms with van der Waals surface area (Å²) in [7, 11) is 0. The summed E-state index contributed by atoms with van der Waals surface area (Å²) in [6, 6.07) is 0.532. The van der Waals surface area contributed by atoms with Gasteiger partial charge in [0.2, 0.25) is 0 Å². The van der Waals surface area contributed by atoms with Crippen LogP contribution in [-0.4, -0.2) is 29.1 Å². The largest absolute Gasteiger partial charge is 0.352 e. The highest BCUT2D eigenvalue weighted by atomic mass is 127. The first-order valence-electron chi connectivity index (χ1n) is 5.94. The lowest BCUT2D eigenvalue weighted by Crippen LogP contribution is -2.43. The van der Waals surface area contributed by atoms with Crippen molar-refractivity contribution in [1.29, 1.82) is 0 Å². The summed E-state index contributed by atoms with van der Waals surface area (Å²) in [6.45, 7) is 1.55. The maximum Gasteiger partial charge on any atom is 0.266 e. The molecule has 94 valence electrons. The average Bonchev–Trinajstić information content (AvgIpc) is 2.26. The van der Waals surface area contributed by atoms with Crippen molar-refractivity contribution in [3.63, 3.8) is 0 Å². The van der Waals surface area contributed by atoms with Crippen molar-refractivity contribution in [1.82, 2.24) is 9.97 Å². The fraction of sp³-hybridized carbons (Fsp3) is 0.636. The molecule has 17 heavy (non-hydrogen) atoms. The molecule has 1 aliphatic carbocycles. The summed E-state index contributed by atoms with van der Waals surface area (Å²) in [6.07, 6.45) is 6.06. The number of halogens is 1. The normalized spacial score (nSPS) is 15.6. The smallest absolute Gasteiger partial charge is 0.266 e. The van der Waals surface area contributed by atoms with Gasteiger partial charge in [-0.1, -0.05) is 0 Å². The molecule has 3 N–H and O–H groups in total. The number of aromatic nitrogens is 2. The molecule has 1 aromatic heterocycles. The highest BCUT2D eigenvalue weighted by Gasteiger charge is 2.27. The summed E-state index contributed by atoms with van der Waals surface area (Å²) in [4.78, 5) is 20.8. The van der Waals surface area contributed by atoms with E-state index < -0.39 is 0 Å². The standard InChI is InChI=1S/C11H17IN4O/c12-9-10(14-7-15-11(9)17)16(6-2-5-13)8-3-1-4-8/h7-8H,1-6,13H2,(H,14,15,17). The van der Waals surface area contributed by atoms with E-state index in [1.54, 1.807) is 0 Å². The second-order valence-corrected chi connectivity index (χ2v) is 5.37. The lowest BCUT2D eigenvalue weighted by Gasteiger charge is -2.38. The molecule has 1 aromatic rings. The van der Waals surface area contributed by atoms with Gasteiger partial charge in [0.15, 0.2) is 0 Å². The van der Waals surface area contributed by atoms with E-state index in [2.05, 4.69) is 37.5 Å². The summed E-state index contributed by atoms with van der Waals surface area (Å²) in [5, 5.41) is 0. The first-order chi connectivity index (χ1) is 8.24. The van der Waals surface area contributed by atoms with E-state index in [4.69, 9.17) is 5.73 Å². The van der Waals surface area contributed by atoms with Crippen LogP contribution in [-0.2, 0) is 0 Å². The van der Waals surface area contributed by atoms with E-state index in [0.717, 1.165) is 18.8 Å². The number of H-pyrrole nitrogens is 1. The third kappa shape index (κ3) is 2.79. The topological polar surface area (TPSA) is 75.0 Å². The van der Waals surface area contributed by atoms with Gasteiger partial charge in [-0.2, -0.15) is 0 Å². The molecule has 1 saturated carbocycles. The lowest BCUT2D eigenvalue weighted by atomic mass is 9.91. The summed E-state index contributed by atoms with van der Waals surface area (Å²) >= 11 is 2.07. The Labute approximate surface area is 114 Å². The monoisotopic (exact) mass is 348 g/mol. The van der Waals surface area contributed by atoms with Crippen LogP contribution < -0.4 is 16.2 Å². The molecule has 0 saturated heterocycles. The molecule has 0 atom stereocenters. The molecule has 2 rings (SSSR count). The molecule has 1 aliphatic rings. The highest BCUT2D eigenvalue weighted by molar-refractivity contribution is 14.1. The molecule has 0 aromatic carbocycles. The summed E-state index contributed by atoms with van der Waals surface area (Å²) < 4.78 is 0.675. The molecule has 1 heterocycles. The number of hydrogen-bond acceptors (Lipinski definition) is 4. The molecule has 1 fully saturated rings. The average molecular weight is 348 g/mol. The molecule has 0 bridgehead atoms. The Morgan fingerprint density at radius 3 is 2.94 bits per heavy atom. The molecular weight excluding hydrogens is 331 g/mol. The first kappa shape index (κ1) is 12.8. The Bertz CT molecular complexity index is 430. The van der Waals surface area contributed by atoms with Gasteiger partial charge in [-0.25, -0.2) is 4.98 Å². The van der Waals surface area contributed by atoms with Gasteiger partial charge < -0.3 is 15.6 Å². The zero-order valence-electron chi connectivity index (χ0n) is 9.66. The Morgan fingerprint density at radius 2 is 2.35 bits per heavy atom. The molecule has 0 radical (unpaired) electrons. The van der Waals surface area contributed by atoms with Crippen LogP contribution in [0.1, 0.15) is 25.7 Å². The third-order valence-corrected chi connectivity index (χ3v) is 4.14. The van der Waals surface area contributed by atoms with Crippen molar-refractivity contribution in [2.45, 2.75) is 31.7 Å². The minimum Gasteiger partial charge on any atom is -0.352 e. The van der Waals surface area contributed by atoms with Crippen LogP contribution in [0.25, 0.3) is 0 Å². The SMILES string of the molecule is NCCCN(c1nc[nH]c(=O)c1I)C1CCC1. The van der Waals surface area contributed by atoms with Gasteiger partial charge in [0.1, 0.15) is 9.39 Å². The van der Waals surface area contributed by atoms with Crippen molar-refractivity contribution in [2.75, 3.05) is 18.0 Å². The maximum absolute atomic E-state index is 11.6. The zero-order valence-corrected chi connectivity index (χ0v) is 11.8. The third-order valence-electron chi connectivity index (χ3n) is 3.17. The van der Waals surface area contributed by atoms with Crippen LogP contribution in [0, 0.1) is 3.57 Å². The van der Waals surface area contributed by atoms with E-state index in [1.807, 2.05) is 0 Å². The predicted molar refractivity (Wildman–Crippen MR) is 76.2 cm³/mol. The summed E-state index contributed by atoms with van der Waals surface area (Å²) in [5.74, 6) is 0.813. The number of aromatic amines is 1. The van der Waals surface area contributed by atoms with Gasteiger partial charge in [0.05, 0.1) is 6.33 Å². The molecule has 0 aliphatic heterocycles. The number of nitrogens with one attached hydrogen (secondary N) is 1. The first-order valence-corrected chi connectivity index (χ1v) is 7.02. The minimum atomic E-state index is -0.0623. The highest BCUT2D eigenvalue weighted by Crippen LogP contribution is 2.29. The van der Waals surface area contributed by atoms with Crippen molar-refractivity contribution >= 4 is 28.4 Å². The Hall–Kier alpha value is -0.630. The molecule has 0 amide bonds. The lowest BCUT2D eigenvalue weighted by molar-refractivity contribution is 0.382. The van der Waals surface area contributed by atoms with E-state index in [0.29, 0.717) is 16.2 Å². The second kappa shape index (κ2) is 5.81. The minimum absolute atomic E-state index is 0.0623. The fourth-order valence-electron chi connectivity index (χ4n) is 2.00. The number of anilines is 1. The maximum atomic E-state index is 11.6. The summed E-state index contributed by atoms with van der Waals surface area (Å²) in [5.41, 5.74) is 5.50. The van der Waals surface area contributed by atoms with Gasteiger partial charge in [-0.15, -0.1) is 0 Å². The molecule has 0 spiro atoms. The van der Waals surface area contributed by atoms with Gasteiger partial charge in [0.25, 0.3) is 5.56 Å². The van der Waals surface area contributed by atoms with Gasteiger partial charge in [-0.05, 0) is 54.8 Å². The number of hydrogen-bond donors (Lipinski definition) is 2. The zero-order chi connectivity index (χ0) is 12.3. The predicted octanol–water partition coefficient (Wildman–Crippen LogP) is 1.08. The Kier molecular flexibility index (Phi) is 4.38. The van der Waals surface area contributed by atoms with Gasteiger partial charge >= 0.3 is 0 Å². The van der Waals surface area contributed by atoms with Crippen LogP contribution >= 0.6 is 22.6 Å². The van der Waals surface area contributed by atoms with Crippen LogP contribution in [0.2, 0.25) is 0 Å². The van der Waals surface area contributed by atoms with Crippen molar-refractivity contribution in [3.8, 4) is 0 Å². The van der Waals surface area contributed by atoms with E-state index in [9.17, 15) is 4.79 Å². The number of nitrogens with two attached hydrogens (primary N) is 1.